The largest absolute Gasteiger partial charge is 0.497 e. The van der Waals surface area contributed by atoms with Gasteiger partial charge in [-0.3, -0.25) is 4.79 Å². The molecule has 1 aromatic heterocycles. The first-order chi connectivity index (χ1) is 10.5. The Bertz CT molecular complexity index is 640. The molecule has 5 nitrogen and oxygen atoms in total. The van der Waals surface area contributed by atoms with Gasteiger partial charge < -0.3 is 10.1 Å². The average molecular weight is 319 g/mol. The van der Waals surface area contributed by atoms with Crippen molar-refractivity contribution in [1.29, 1.82) is 0 Å². The van der Waals surface area contributed by atoms with Crippen LogP contribution in [0.25, 0.3) is 11.4 Å². The second-order valence-corrected chi connectivity index (χ2v) is 6.38. The van der Waals surface area contributed by atoms with Crippen molar-refractivity contribution in [2.75, 3.05) is 12.4 Å². The Balaban J connectivity index is 2.03. The first-order valence-corrected chi connectivity index (χ1v) is 8.05. The number of anilines is 1. The summed E-state index contributed by atoms with van der Waals surface area (Å²) in [6.07, 6.45) is 0.492. The summed E-state index contributed by atoms with van der Waals surface area (Å²) in [5.41, 5.74) is 0.867. The van der Waals surface area contributed by atoms with Gasteiger partial charge >= 0.3 is 0 Å². The van der Waals surface area contributed by atoms with Crippen molar-refractivity contribution in [2.45, 2.75) is 27.2 Å². The fourth-order valence-corrected chi connectivity index (χ4v) is 2.46. The third-order valence-electron chi connectivity index (χ3n) is 3.65. The van der Waals surface area contributed by atoms with Gasteiger partial charge in [-0.05, 0) is 24.0 Å². The van der Waals surface area contributed by atoms with Crippen molar-refractivity contribution in [1.82, 2.24) is 9.36 Å². The molecule has 1 atom stereocenters. The van der Waals surface area contributed by atoms with E-state index in [9.17, 15) is 4.79 Å². The number of rotatable bonds is 6. The minimum absolute atomic E-state index is 0.0189. The lowest BCUT2D eigenvalue weighted by molar-refractivity contribution is -0.117. The minimum Gasteiger partial charge on any atom is -0.497 e. The summed E-state index contributed by atoms with van der Waals surface area (Å²) >= 11 is 1.19. The van der Waals surface area contributed by atoms with Crippen LogP contribution < -0.4 is 10.1 Å². The van der Waals surface area contributed by atoms with Crippen LogP contribution in [0.1, 0.15) is 27.2 Å². The molecule has 0 saturated carbocycles. The van der Waals surface area contributed by atoms with E-state index >= 15 is 0 Å². The summed E-state index contributed by atoms with van der Waals surface area (Å²) < 4.78 is 9.48. The van der Waals surface area contributed by atoms with Crippen molar-refractivity contribution < 1.29 is 9.53 Å². The number of hydrogen-bond donors (Lipinski definition) is 1. The molecule has 6 heteroatoms. The van der Waals surface area contributed by atoms with Crippen molar-refractivity contribution in [3.05, 3.63) is 24.3 Å². The van der Waals surface area contributed by atoms with Gasteiger partial charge in [0.2, 0.25) is 11.0 Å². The van der Waals surface area contributed by atoms with Crippen LogP contribution in [0, 0.1) is 11.8 Å². The lowest BCUT2D eigenvalue weighted by atomic mass is 9.94. The smallest absolute Gasteiger partial charge is 0.226 e. The van der Waals surface area contributed by atoms with Crippen LogP contribution in [0.4, 0.5) is 5.13 Å². The molecule has 0 aliphatic rings. The van der Waals surface area contributed by atoms with E-state index in [-0.39, 0.29) is 5.91 Å². The maximum absolute atomic E-state index is 12.0. The molecular formula is C16H21N3O2S. The molecule has 1 heterocycles. The van der Waals surface area contributed by atoms with Crippen molar-refractivity contribution >= 4 is 22.6 Å². The van der Waals surface area contributed by atoms with E-state index in [2.05, 4.69) is 35.4 Å². The maximum atomic E-state index is 12.0. The summed E-state index contributed by atoms with van der Waals surface area (Å²) in [5, 5.41) is 3.35. The number of hydrogen-bond acceptors (Lipinski definition) is 5. The summed E-state index contributed by atoms with van der Waals surface area (Å²) in [6.45, 7) is 6.31. The highest BCUT2D eigenvalue weighted by molar-refractivity contribution is 7.10. The molecule has 1 unspecified atom stereocenters. The van der Waals surface area contributed by atoms with E-state index in [1.165, 1.54) is 11.5 Å². The summed E-state index contributed by atoms with van der Waals surface area (Å²) in [7, 11) is 1.62. The molecule has 0 saturated heterocycles. The van der Waals surface area contributed by atoms with Crippen molar-refractivity contribution in [2.24, 2.45) is 11.8 Å². The first-order valence-electron chi connectivity index (χ1n) is 7.27. The number of nitrogens with zero attached hydrogens (tertiary/aromatic N) is 2. The Labute approximate surface area is 134 Å². The molecule has 0 fully saturated rings. The van der Waals surface area contributed by atoms with Crippen LogP contribution in [0.2, 0.25) is 0 Å². The predicted molar refractivity (Wildman–Crippen MR) is 89.1 cm³/mol. The fourth-order valence-electron chi connectivity index (χ4n) is 1.85. The highest BCUT2D eigenvalue weighted by Crippen LogP contribution is 2.25. The zero-order valence-electron chi connectivity index (χ0n) is 13.3. The third kappa shape index (κ3) is 4.27. The van der Waals surface area contributed by atoms with E-state index in [4.69, 9.17) is 4.74 Å². The van der Waals surface area contributed by atoms with Crippen molar-refractivity contribution in [3.63, 3.8) is 0 Å². The molecule has 1 N–H and O–H groups in total. The fraction of sp³-hybridized carbons (Fsp3) is 0.438. The number of amides is 1. The number of benzene rings is 1. The molecule has 2 rings (SSSR count). The zero-order valence-corrected chi connectivity index (χ0v) is 14.1. The standard InChI is InChI=1S/C16H21N3O2S/c1-10(2)11(3)8-14(20)17-16-18-15(19-22-16)12-6-5-7-13(9-12)21-4/h5-7,9-11H,8H2,1-4H3,(H,17,18,19,20). The lowest BCUT2D eigenvalue weighted by Gasteiger charge is -2.13. The van der Waals surface area contributed by atoms with E-state index in [1.807, 2.05) is 24.3 Å². The molecule has 1 amide bonds. The minimum atomic E-state index is -0.0189. The van der Waals surface area contributed by atoms with Crippen LogP contribution in [-0.4, -0.2) is 22.4 Å². The Morgan fingerprint density at radius 3 is 2.82 bits per heavy atom. The first kappa shape index (κ1) is 16.4. The normalized spacial score (nSPS) is 12.2. The van der Waals surface area contributed by atoms with Gasteiger partial charge in [0, 0.05) is 23.5 Å². The number of nitrogens with one attached hydrogen (secondary N) is 1. The van der Waals surface area contributed by atoms with Crippen LogP contribution in [0.3, 0.4) is 0 Å². The molecule has 0 spiro atoms. The molecule has 2 aromatic rings. The van der Waals surface area contributed by atoms with Gasteiger partial charge in [0.1, 0.15) is 5.75 Å². The van der Waals surface area contributed by atoms with E-state index in [0.717, 1.165) is 11.3 Å². The highest BCUT2D eigenvalue weighted by atomic mass is 32.1. The lowest BCUT2D eigenvalue weighted by Crippen LogP contribution is -2.17. The second-order valence-electron chi connectivity index (χ2n) is 5.63. The van der Waals surface area contributed by atoms with Gasteiger partial charge in [-0.25, -0.2) is 0 Å². The molecule has 0 bridgehead atoms. The van der Waals surface area contributed by atoms with Gasteiger partial charge in [-0.1, -0.05) is 32.9 Å². The summed E-state index contributed by atoms with van der Waals surface area (Å²) in [5.74, 6) is 2.15. The molecule has 0 aliphatic carbocycles. The van der Waals surface area contributed by atoms with E-state index in [1.54, 1.807) is 7.11 Å². The highest BCUT2D eigenvalue weighted by Gasteiger charge is 2.15. The molecule has 1 aromatic carbocycles. The number of methoxy groups -OCH3 is 1. The van der Waals surface area contributed by atoms with Gasteiger partial charge in [0.05, 0.1) is 7.11 Å². The zero-order chi connectivity index (χ0) is 16.1. The average Bonchev–Trinajstić information content (AvgIpc) is 2.95. The summed E-state index contributed by atoms with van der Waals surface area (Å²) in [6, 6.07) is 7.54. The Kier molecular flexibility index (Phi) is 5.49. The number of carbonyl (C=O) groups is 1. The second kappa shape index (κ2) is 7.35. The predicted octanol–water partition coefficient (Wildman–Crippen LogP) is 3.83. The number of carbonyl (C=O) groups excluding carboxylic acids is 1. The van der Waals surface area contributed by atoms with Crippen molar-refractivity contribution in [3.8, 4) is 17.1 Å². The summed E-state index contributed by atoms with van der Waals surface area (Å²) in [4.78, 5) is 16.3. The Morgan fingerprint density at radius 2 is 2.14 bits per heavy atom. The van der Waals surface area contributed by atoms with E-state index < -0.39 is 0 Å². The van der Waals surface area contributed by atoms with Gasteiger partial charge in [-0.15, -0.1) is 0 Å². The van der Waals surface area contributed by atoms with E-state index in [0.29, 0.717) is 29.2 Å². The van der Waals surface area contributed by atoms with Crippen LogP contribution in [0.5, 0.6) is 5.75 Å². The quantitative estimate of drug-likeness (QED) is 0.878. The number of aromatic nitrogens is 2. The Hall–Kier alpha value is -1.95. The topological polar surface area (TPSA) is 64.1 Å². The van der Waals surface area contributed by atoms with Crippen LogP contribution in [0.15, 0.2) is 24.3 Å². The Morgan fingerprint density at radius 1 is 1.36 bits per heavy atom. The number of ether oxygens (including phenoxy) is 1. The van der Waals surface area contributed by atoms with Crippen LogP contribution >= 0.6 is 11.5 Å². The van der Waals surface area contributed by atoms with Crippen LogP contribution in [-0.2, 0) is 4.79 Å². The SMILES string of the molecule is COc1cccc(-c2nsc(NC(=O)CC(C)C(C)C)n2)c1. The molecule has 0 aliphatic heterocycles. The molecule has 22 heavy (non-hydrogen) atoms. The molecule has 118 valence electrons. The molecule has 0 radical (unpaired) electrons. The van der Waals surface area contributed by atoms with Gasteiger partial charge in [0.15, 0.2) is 5.82 Å². The maximum Gasteiger partial charge on any atom is 0.226 e. The van der Waals surface area contributed by atoms with Gasteiger partial charge in [-0.2, -0.15) is 9.36 Å². The third-order valence-corrected chi connectivity index (χ3v) is 4.28. The molecular weight excluding hydrogens is 298 g/mol. The van der Waals surface area contributed by atoms with Gasteiger partial charge in [0.25, 0.3) is 0 Å². The monoisotopic (exact) mass is 319 g/mol.